The summed E-state index contributed by atoms with van der Waals surface area (Å²) in [4.78, 5) is 20.0. The molecule has 0 spiro atoms. The van der Waals surface area contributed by atoms with E-state index < -0.39 is 18.7 Å². The summed E-state index contributed by atoms with van der Waals surface area (Å²) in [6, 6.07) is 5.27. The zero-order valence-corrected chi connectivity index (χ0v) is 13.6. The van der Waals surface area contributed by atoms with Crippen LogP contribution in [0.1, 0.15) is 36.8 Å². The van der Waals surface area contributed by atoms with Crippen molar-refractivity contribution >= 4 is 18.6 Å². The molecule has 1 aromatic carbocycles. The molecule has 8 heteroatoms. The second-order valence-corrected chi connectivity index (χ2v) is 6.37. The van der Waals surface area contributed by atoms with E-state index in [2.05, 4.69) is 9.97 Å². The molecule has 2 heterocycles. The van der Waals surface area contributed by atoms with Crippen molar-refractivity contribution in [3.8, 4) is 11.6 Å². The van der Waals surface area contributed by atoms with Crippen molar-refractivity contribution in [1.82, 2.24) is 9.97 Å². The molecule has 24 heavy (non-hydrogen) atoms. The van der Waals surface area contributed by atoms with Crippen LogP contribution in [0.4, 0.5) is 0 Å². The second kappa shape index (κ2) is 6.22. The Labute approximate surface area is 139 Å². The van der Waals surface area contributed by atoms with Crippen molar-refractivity contribution in [1.29, 1.82) is 0 Å². The number of aromatic nitrogens is 2. The molecule has 0 fully saturated rings. The second-order valence-electron chi connectivity index (χ2n) is 6.37. The Hall–Kier alpha value is -2.45. The van der Waals surface area contributed by atoms with Crippen molar-refractivity contribution in [2.45, 2.75) is 33.0 Å². The monoisotopic (exact) mass is 328 g/mol. The van der Waals surface area contributed by atoms with Crippen LogP contribution >= 0.6 is 0 Å². The van der Waals surface area contributed by atoms with E-state index in [0.29, 0.717) is 17.8 Å². The van der Waals surface area contributed by atoms with Gasteiger partial charge in [0.15, 0.2) is 5.69 Å². The standard InChI is InChI=1S/C16H17BN2O5/c1-16(2,3)24-15(20)13-7-19-14(8-18-13)23-11-5-4-10-9-22-17(21)12(10)6-11/h4-8,21H,9H2,1-3H3. The zero-order chi connectivity index (χ0) is 17.3. The summed E-state index contributed by atoms with van der Waals surface area (Å²) in [6.07, 6.45) is 2.65. The molecular formula is C16H17BN2O5. The Kier molecular flexibility index (Phi) is 4.25. The van der Waals surface area contributed by atoms with E-state index in [4.69, 9.17) is 14.1 Å². The zero-order valence-electron chi connectivity index (χ0n) is 13.6. The molecular weight excluding hydrogens is 311 g/mol. The van der Waals surface area contributed by atoms with Gasteiger partial charge in [-0.25, -0.2) is 14.8 Å². The van der Waals surface area contributed by atoms with Crippen LogP contribution in [0.5, 0.6) is 11.6 Å². The van der Waals surface area contributed by atoms with E-state index in [1.807, 2.05) is 6.07 Å². The molecule has 124 valence electrons. The quantitative estimate of drug-likeness (QED) is 0.673. The van der Waals surface area contributed by atoms with Crippen LogP contribution < -0.4 is 10.2 Å². The van der Waals surface area contributed by atoms with Gasteiger partial charge in [0.1, 0.15) is 11.4 Å². The van der Waals surface area contributed by atoms with Gasteiger partial charge in [-0.2, -0.15) is 0 Å². The number of rotatable bonds is 3. The molecule has 0 amide bonds. The van der Waals surface area contributed by atoms with Gasteiger partial charge in [-0.15, -0.1) is 0 Å². The van der Waals surface area contributed by atoms with Gasteiger partial charge in [-0.3, -0.25) is 0 Å². The van der Waals surface area contributed by atoms with Crippen molar-refractivity contribution in [3.05, 3.63) is 41.9 Å². The fourth-order valence-electron chi connectivity index (χ4n) is 2.18. The van der Waals surface area contributed by atoms with Crippen molar-refractivity contribution in [3.63, 3.8) is 0 Å². The molecule has 2 aromatic rings. The van der Waals surface area contributed by atoms with E-state index in [1.165, 1.54) is 12.4 Å². The number of benzene rings is 1. The van der Waals surface area contributed by atoms with Crippen LogP contribution in [0.15, 0.2) is 30.6 Å². The van der Waals surface area contributed by atoms with Gasteiger partial charge in [0.05, 0.1) is 19.0 Å². The number of hydrogen-bond donors (Lipinski definition) is 1. The predicted molar refractivity (Wildman–Crippen MR) is 86.1 cm³/mol. The number of carbonyl (C=O) groups is 1. The minimum Gasteiger partial charge on any atom is -0.455 e. The lowest BCUT2D eigenvalue weighted by molar-refractivity contribution is 0.00622. The van der Waals surface area contributed by atoms with Crippen LogP contribution in [0, 0.1) is 0 Å². The van der Waals surface area contributed by atoms with Gasteiger partial charge in [-0.05, 0) is 43.9 Å². The summed E-state index contributed by atoms with van der Waals surface area (Å²) < 4.78 is 15.9. The predicted octanol–water partition coefficient (Wildman–Crippen LogP) is 1.44. The molecule has 7 nitrogen and oxygen atoms in total. The third kappa shape index (κ3) is 3.72. The molecule has 0 aliphatic carbocycles. The van der Waals surface area contributed by atoms with Crippen molar-refractivity contribution in [2.24, 2.45) is 0 Å². The number of hydrogen-bond acceptors (Lipinski definition) is 7. The number of fused-ring (bicyclic) bond motifs is 1. The summed E-state index contributed by atoms with van der Waals surface area (Å²) >= 11 is 0. The highest BCUT2D eigenvalue weighted by atomic mass is 16.6. The minimum atomic E-state index is -0.941. The Bertz CT molecular complexity index is 758. The SMILES string of the molecule is CC(C)(C)OC(=O)c1cnc(Oc2ccc3c(c2)B(O)OC3)cn1. The lowest BCUT2D eigenvalue weighted by Gasteiger charge is -2.18. The Balaban J connectivity index is 1.71. The third-order valence-corrected chi connectivity index (χ3v) is 3.24. The van der Waals surface area contributed by atoms with Crippen molar-refractivity contribution < 1.29 is 23.9 Å². The molecule has 0 radical (unpaired) electrons. The molecule has 1 aromatic heterocycles. The topological polar surface area (TPSA) is 90.8 Å². The number of carbonyl (C=O) groups excluding carboxylic acids is 1. The first-order chi connectivity index (χ1) is 11.3. The maximum Gasteiger partial charge on any atom is 0.491 e. The molecule has 1 N–H and O–H groups in total. The molecule has 0 saturated heterocycles. The first-order valence-electron chi connectivity index (χ1n) is 7.47. The highest BCUT2D eigenvalue weighted by Gasteiger charge is 2.27. The van der Waals surface area contributed by atoms with E-state index in [-0.39, 0.29) is 11.6 Å². The van der Waals surface area contributed by atoms with Gasteiger partial charge >= 0.3 is 13.1 Å². The summed E-state index contributed by atoms with van der Waals surface area (Å²) in [5.41, 5.74) is 1.10. The summed E-state index contributed by atoms with van der Waals surface area (Å²) in [6.45, 7) is 5.71. The first-order valence-corrected chi connectivity index (χ1v) is 7.47. The largest absolute Gasteiger partial charge is 0.491 e. The molecule has 1 aliphatic heterocycles. The average Bonchev–Trinajstić information content (AvgIpc) is 2.87. The minimum absolute atomic E-state index is 0.107. The van der Waals surface area contributed by atoms with E-state index in [9.17, 15) is 9.82 Å². The fraction of sp³-hybridized carbons (Fsp3) is 0.312. The number of nitrogens with zero attached hydrogens (tertiary/aromatic N) is 2. The van der Waals surface area contributed by atoms with Gasteiger partial charge < -0.3 is 19.2 Å². The molecule has 1 aliphatic rings. The van der Waals surface area contributed by atoms with Gasteiger partial charge in [0.25, 0.3) is 0 Å². The Morgan fingerprint density at radius 1 is 1.29 bits per heavy atom. The van der Waals surface area contributed by atoms with E-state index >= 15 is 0 Å². The first kappa shape index (κ1) is 16.4. The molecule has 0 atom stereocenters. The summed E-state index contributed by atoms with van der Waals surface area (Å²) in [5, 5.41) is 9.71. The molecule has 0 saturated carbocycles. The molecule has 3 rings (SSSR count). The normalized spacial score (nSPS) is 13.6. The van der Waals surface area contributed by atoms with Crippen LogP contribution in [-0.4, -0.2) is 33.7 Å². The van der Waals surface area contributed by atoms with Crippen LogP contribution in [0.25, 0.3) is 0 Å². The lowest BCUT2D eigenvalue weighted by atomic mass is 9.79. The van der Waals surface area contributed by atoms with Crippen LogP contribution in [-0.2, 0) is 16.0 Å². The fourth-order valence-corrected chi connectivity index (χ4v) is 2.18. The number of ether oxygens (including phenoxy) is 2. The molecule has 0 bridgehead atoms. The average molecular weight is 328 g/mol. The van der Waals surface area contributed by atoms with Crippen LogP contribution in [0.3, 0.4) is 0 Å². The van der Waals surface area contributed by atoms with Gasteiger partial charge in [0, 0.05) is 0 Å². The van der Waals surface area contributed by atoms with Gasteiger partial charge in [0.2, 0.25) is 5.88 Å². The Morgan fingerprint density at radius 3 is 2.75 bits per heavy atom. The van der Waals surface area contributed by atoms with Crippen LogP contribution in [0.2, 0.25) is 0 Å². The van der Waals surface area contributed by atoms with E-state index in [1.54, 1.807) is 32.9 Å². The maximum absolute atomic E-state index is 11.9. The summed E-state index contributed by atoms with van der Waals surface area (Å²) in [5.74, 6) is 0.188. The highest BCUT2D eigenvalue weighted by Crippen LogP contribution is 2.21. The van der Waals surface area contributed by atoms with Crippen molar-refractivity contribution in [2.75, 3.05) is 0 Å². The third-order valence-electron chi connectivity index (χ3n) is 3.24. The lowest BCUT2D eigenvalue weighted by Crippen LogP contribution is -2.27. The maximum atomic E-state index is 11.9. The molecule has 0 unspecified atom stereocenters. The van der Waals surface area contributed by atoms with Gasteiger partial charge in [-0.1, -0.05) is 6.07 Å². The summed E-state index contributed by atoms with van der Waals surface area (Å²) in [7, 11) is -0.941. The highest BCUT2D eigenvalue weighted by molar-refractivity contribution is 6.61. The number of esters is 1. The Morgan fingerprint density at radius 2 is 2.08 bits per heavy atom. The van der Waals surface area contributed by atoms with E-state index in [0.717, 1.165) is 5.56 Å². The smallest absolute Gasteiger partial charge is 0.455 e.